The van der Waals surface area contributed by atoms with Gasteiger partial charge in [0.05, 0.1) is 6.61 Å². The fourth-order valence-electron chi connectivity index (χ4n) is 2.44. The van der Waals surface area contributed by atoms with Gasteiger partial charge in [0.1, 0.15) is 6.10 Å². The Balaban J connectivity index is 2.73. The molecule has 0 radical (unpaired) electrons. The predicted molar refractivity (Wildman–Crippen MR) is 95.8 cm³/mol. The molecule has 3 nitrogen and oxygen atoms in total. The van der Waals surface area contributed by atoms with Crippen molar-refractivity contribution in [1.29, 1.82) is 0 Å². The maximum absolute atomic E-state index is 13.9. The Morgan fingerprint density at radius 2 is 1.52 bits per heavy atom. The molecule has 0 aliphatic heterocycles. The Hall–Kier alpha value is -1.20. The zero-order valence-corrected chi connectivity index (χ0v) is 15.7. The van der Waals surface area contributed by atoms with Gasteiger partial charge >= 0.3 is 0 Å². The van der Waals surface area contributed by atoms with Crippen molar-refractivity contribution in [3.63, 3.8) is 0 Å². The van der Waals surface area contributed by atoms with Crippen molar-refractivity contribution < 1.29 is 23.0 Å². The van der Waals surface area contributed by atoms with Crippen molar-refractivity contribution in [2.24, 2.45) is 0 Å². The molecule has 5 heteroatoms. The second-order valence-corrected chi connectivity index (χ2v) is 6.14. The molecule has 25 heavy (non-hydrogen) atoms. The molecule has 0 saturated heterocycles. The molecule has 0 bridgehead atoms. The quantitative estimate of drug-likeness (QED) is 0.308. The lowest BCUT2D eigenvalue weighted by molar-refractivity contribution is -0.166. The van der Waals surface area contributed by atoms with E-state index in [1.807, 2.05) is 6.92 Å². The van der Waals surface area contributed by atoms with Gasteiger partial charge in [-0.3, -0.25) is 0 Å². The van der Waals surface area contributed by atoms with Crippen molar-refractivity contribution in [1.82, 2.24) is 0 Å². The van der Waals surface area contributed by atoms with Crippen LogP contribution in [-0.4, -0.2) is 25.6 Å². The summed E-state index contributed by atoms with van der Waals surface area (Å²) in [6.45, 7) is 7.33. The number of unbranched alkanes of at least 4 members (excludes halogenated alkanes) is 4. The minimum Gasteiger partial charge on any atom is -0.459 e. The van der Waals surface area contributed by atoms with E-state index in [2.05, 4.69) is 13.8 Å². The van der Waals surface area contributed by atoms with Gasteiger partial charge in [0.15, 0.2) is 11.6 Å². The average molecular weight is 358 g/mol. The smallest absolute Gasteiger partial charge is 0.226 e. The summed E-state index contributed by atoms with van der Waals surface area (Å²) in [5.74, 6) is -2.07. The molecule has 0 aromatic heterocycles. The molecule has 1 rings (SSSR count). The van der Waals surface area contributed by atoms with Gasteiger partial charge < -0.3 is 14.2 Å². The standard InChI is InChI=1S/C20H32F2O3/c1-4-7-9-14-23-17(6-3)20(24-15-10-8-5-2)25-18-13-11-12-16(21)19(18)22/h11-13,17,20H,4-10,14-15H2,1-3H3/t17?,20-/m0/s1. The normalized spacial score (nSPS) is 13.6. The molecule has 1 aromatic rings. The minimum atomic E-state index is -0.995. The summed E-state index contributed by atoms with van der Waals surface area (Å²) in [5.41, 5.74) is 0. The van der Waals surface area contributed by atoms with E-state index in [0.717, 1.165) is 44.6 Å². The van der Waals surface area contributed by atoms with E-state index in [9.17, 15) is 8.78 Å². The van der Waals surface area contributed by atoms with E-state index in [0.29, 0.717) is 19.6 Å². The second-order valence-electron chi connectivity index (χ2n) is 6.14. The van der Waals surface area contributed by atoms with Crippen LogP contribution in [0.25, 0.3) is 0 Å². The van der Waals surface area contributed by atoms with Gasteiger partial charge in [-0.15, -0.1) is 0 Å². The lowest BCUT2D eigenvalue weighted by Gasteiger charge is -2.27. The monoisotopic (exact) mass is 358 g/mol. The summed E-state index contributed by atoms with van der Waals surface area (Å²) in [7, 11) is 0. The highest BCUT2D eigenvalue weighted by molar-refractivity contribution is 5.25. The van der Waals surface area contributed by atoms with Gasteiger partial charge in [-0.05, 0) is 31.4 Å². The first-order valence-electron chi connectivity index (χ1n) is 9.47. The molecule has 2 atom stereocenters. The summed E-state index contributed by atoms with van der Waals surface area (Å²) in [6.07, 6.45) is 5.80. The Morgan fingerprint density at radius 3 is 2.12 bits per heavy atom. The van der Waals surface area contributed by atoms with Crippen LogP contribution in [0.3, 0.4) is 0 Å². The molecule has 0 aliphatic carbocycles. The van der Waals surface area contributed by atoms with Crippen LogP contribution in [-0.2, 0) is 9.47 Å². The summed E-state index contributed by atoms with van der Waals surface area (Å²) in [4.78, 5) is 0. The first kappa shape index (κ1) is 21.8. The maximum Gasteiger partial charge on any atom is 0.226 e. The summed E-state index contributed by atoms with van der Waals surface area (Å²) >= 11 is 0. The number of hydrogen-bond acceptors (Lipinski definition) is 3. The van der Waals surface area contributed by atoms with Gasteiger partial charge in [0.2, 0.25) is 12.1 Å². The van der Waals surface area contributed by atoms with E-state index in [1.54, 1.807) is 0 Å². The van der Waals surface area contributed by atoms with Crippen molar-refractivity contribution in [2.45, 2.75) is 78.1 Å². The fraction of sp³-hybridized carbons (Fsp3) is 0.700. The zero-order chi connectivity index (χ0) is 18.5. The van der Waals surface area contributed by atoms with Crippen LogP contribution in [0.2, 0.25) is 0 Å². The summed E-state index contributed by atoms with van der Waals surface area (Å²) in [5, 5.41) is 0. The van der Waals surface area contributed by atoms with Gasteiger partial charge in [-0.1, -0.05) is 52.5 Å². The number of halogens is 2. The summed E-state index contributed by atoms with van der Waals surface area (Å²) < 4.78 is 44.7. The van der Waals surface area contributed by atoms with E-state index in [1.165, 1.54) is 12.1 Å². The highest BCUT2D eigenvalue weighted by Crippen LogP contribution is 2.23. The molecule has 0 aliphatic rings. The lowest BCUT2D eigenvalue weighted by Crippen LogP contribution is -2.37. The molecule has 0 heterocycles. The third-order valence-electron chi connectivity index (χ3n) is 3.98. The van der Waals surface area contributed by atoms with Crippen LogP contribution in [0.15, 0.2) is 18.2 Å². The second kappa shape index (κ2) is 13.1. The molecule has 1 aromatic carbocycles. The molecule has 0 saturated carbocycles. The van der Waals surface area contributed by atoms with Crippen LogP contribution in [0.1, 0.15) is 65.7 Å². The van der Waals surface area contributed by atoms with Crippen molar-refractivity contribution in [3.8, 4) is 5.75 Å². The molecule has 1 unspecified atom stereocenters. The van der Waals surface area contributed by atoms with E-state index in [4.69, 9.17) is 14.2 Å². The molecule has 0 fully saturated rings. The Morgan fingerprint density at radius 1 is 0.880 bits per heavy atom. The molecule has 0 spiro atoms. The summed E-state index contributed by atoms with van der Waals surface area (Å²) in [6, 6.07) is 3.90. The topological polar surface area (TPSA) is 27.7 Å². The highest BCUT2D eigenvalue weighted by atomic mass is 19.2. The first-order chi connectivity index (χ1) is 12.1. The van der Waals surface area contributed by atoms with Gasteiger partial charge in [0, 0.05) is 6.61 Å². The van der Waals surface area contributed by atoms with Crippen LogP contribution in [0.4, 0.5) is 8.78 Å². The van der Waals surface area contributed by atoms with Gasteiger partial charge in [-0.2, -0.15) is 4.39 Å². The number of ether oxygens (including phenoxy) is 3. The Kier molecular flexibility index (Phi) is 11.4. The third kappa shape index (κ3) is 8.15. The Labute approximate surface area is 150 Å². The third-order valence-corrected chi connectivity index (χ3v) is 3.98. The zero-order valence-electron chi connectivity index (χ0n) is 15.7. The number of rotatable bonds is 14. The Bertz CT molecular complexity index is 468. The van der Waals surface area contributed by atoms with Crippen LogP contribution in [0.5, 0.6) is 5.75 Å². The first-order valence-corrected chi connectivity index (χ1v) is 9.47. The van der Waals surface area contributed by atoms with Crippen molar-refractivity contribution >= 4 is 0 Å². The van der Waals surface area contributed by atoms with Crippen molar-refractivity contribution in [2.75, 3.05) is 13.2 Å². The fourth-order valence-corrected chi connectivity index (χ4v) is 2.44. The molecular weight excluding hydrogens is 326 g/mol. The predicted octanol–water partition coefficient (Wildman–Crippen LogP) is 5.86. The highest BCUT2D eigenvalue weighted by Gasteiger charge is 2.25. The molecular formula is C20H32F2O3. The SMILES string of the molecule is CCCCCOC(CC)[C@@H](OCCCCC)Oc1cccc(F)c1F. The molecule has 0 N–H and O–H groups in total. The lowest BCUT2D eigenvalue weighted by atomic mass is 10.2. The maximum atomic E-state index is 13.9. The molecule has 144 valence electrons. The van der Waals surface area contributed by atoms with Gasteiger partial charge in [-0.25, -0.2) is 4.39 Å². The largest absolute Gasteiger partial charge is 0.459 e. The van der Waals surface area contributed by atoms with Crippen LogP contribution < -0.4 is 4.74 Å². The van der Waals surface area contributed by atoms with Crippen LogP contribution >= 0.6 is 0 Å². The van der Waals surface area contributed by atoms with Crippen LogP contribution in [0, 0.1) is 11.6 Å². The minimum absolute atomic E-state index is 0.143. The van der Waals surface area contributed by atoms with Gasteiger partial charge in [0.25, 0.3) is 0 Å². The number of hydrogen-bond donors (Lipinski definition) is 0. The number of benzene rings is 1. The van der Waals surface area contributed by atoms with E-state index < -0.39 is 17.9 Å². The van der Waals surface area contributed by atoms with E-state index >= 15 is 0 Å². The average Bonchev–Trinajstić information content (AvgIpc) is 2.62. The van der Waals surface area contributed by atoms with Crippen molar-refractivity contribution in [3.05, 3.63) is 29.8 Å². The molecule has 0 amide bonds. The van der Waals surface area contributed by atoms with E-state index in [-0.39, 0.29) is 11.9 Å².